The van der Waals surface area contributed by atoms with Crippen molar-refractivity contribution in [3.05, 3.63) is 0 Å². The Morgan fingerprint density at radius 1 is 1.64 bits per heavy atom. The Hall–Kier alpha value is -0.610. The van der Waals surface area contributed by atoms with Crippen molar-refractivity contribution >= 4 is 5.97 Å². The van der Waals surface area contributed by atoms with E-state index in [2.05, 4.69) is 5.32 Å². The van der Waals surface area contributed by atoms with Gasteiger partial charge in [0, 0.05) is 6.54 Å². The fourth-order valence-electron chi connectivity index (χ4n) is 1.38. The van der Waals surface area contributed by atoms with E-state index in [0.717, 1.165) is 13.0 Å². The number of carboxylic acid groups (broad SMARTS) is 1. The molecule has 0 aliphatic carbocycles. The summed E-state index contributed by atoms with van der Waals surface area (Å²) in [6.45, 7) is 1.28. The van der Waals surface area contributed by atoms with Crippen LogP contribution in [0.2, 0.25) is 0 Å². The van der Waals surface area contributed by atoms with E-state index in [9.17, 15) is 9.90 Å². The maximum Gasteiger partial charge on any atom is 0.306 e. The zero-order valence-electron chi connectivity index (χ0n) is 6.34. The summed E-state index contributed by atoms with van der Waals surface area (Å²) in [7, 11) is 0. The van der Waals surface area contributed by atoms with Crippen LogP contribution in [0.15, 0.2) is 0 Å². The van der Waals surface area contributed by atoms with Crippen LogP contribution in [0.4, 0.5) is 0 Å². The average Bonchev–Trinajstić information content (AvgIpc) is 1.85. The van der Waals surface area contributed by atoms with Crippen LogP contribution < -0.4 is 5.32 Å². The summed E-state index contributed by atoms with van der Waals surface area (Å²) in [6.07, 6.45) is 1.29. The minimum Gasteiger partial charge on any atom is -0.481 e. The fraction of sp³-hybridized carbons (Fsp3) is 0.857. The number of hydrogen-bond acceptors (Lipinski definition) is 3. The van der Waals surface area contributed by atoms with E-state index in [-0.39, 0.29) is 6.42 Å². The first-order chi connectivity index (χ1) is 5.12. The van der Waals surface area contributed by atoms with Gasteiger partial charge in [-0.2, -0.15) is 0 Å². The summed E-state index contributed by atoms with van der Waals surface area (Å²) >= 11 is 0. The quantitative estimate of drug-likeness (QED) is 0.511. The first kappa shape index (κ1) is 8.49. The Morgan fingerprint density at radius 2 is 2.36 bits per heavy atom. The summed E-state index contributed by atoms with van der Waals surface area (Å²) in [4.78, 5) is 10.3. The van der Waals surface area contributed by atoms with E-state index in [0.29, 0.717) is 13.0 Å². The molecule has 0 saturated carbocycles. The topological polar surface area (TPSA) is 69.6 Å². The number of hydrogen-bond donors (Lipinski definition) is 3. The zero-order chi connectivity index (χ0) is 8.32. The zero-order valence-corrected chi connectivity index (χ0v) is 6.34. The first-order valence-electron chi connectivity index (χ1n) is 3.77. The molecular formula is C7H13NO3. The smallest absolute Gasteiger partial charge is 0.306 e. The molecule has 1 atom stereocenters. The van der Waals surface area contributed by atoms with Gasteiger partial charge in [-0.05, 0) is 19.4 Å². The molecule has 1 aliphatic heterocycles. The van der Waals surface area contributed by atoms with Crippen LogP contribution in [0, 0.1) is 0 Å². The molecule has 3 N–H and O–H groups in total. The molecular weight excluding hydrogens is 146 g/mol. The van der Waals surface area contributed by atoms with E-state index >= 15 is 0 Å². The van der Waals surface area contributed by atoms with Crippen molar-refractivity contribution < 1.29 is 15.0 Å². The van der Waals surface area contributed by atoms with E-state index in [1.165, 1.54) is 0 Å². The molecule has 0 amide bonds. The van der Waals surface area contributed by atoms with Gasteiger partial charge in [-0.25, -0.2) is 0 Å². The molecule has 4 nitrogen and oxygen atoms in total. The molecule has 11 heavy (non-hydrogen) atoms. The second-order valence-corrected chi connectivity index (χ2v) is 3.08. The van der Waals surface area contributed by atoms with Gasteiger partial charge in [0.2, 0.25) is 0 Å². The molecule has 0 bridgehead atoms. The number of piperidine rings is 1. The Bertz CT molecular complexity index is 152. The lowest BCUT2D eigenvalue weighted by atomic mass is 9.91. The Kier molecular flexibility index (Phi) is 2.46. The highest BCUT2D eigenvalue weighted by Crippen LogP contribution is 2.19. The molecule has 0 unspecified atom stereocenters. The molecule has 0 aromatic rings. The number of β-amino-alcohol motifs (C(OH)–C–C–N with tert-alkyl or cyclic N) is 1. The third kappa shape index (κ3) is 2.48. The van der Waals surface area contributed by atoms with E-state index in [4.69, 9.17) is 5.11 Å². The van der Waals surface area contributed by atoms with Crippen molar-refractivity contribution in [2.45, 2.75) is 24.9 Å². The number of rotatable bonds is 2. The van der Waals surface area contributed by atoms with Crippen molar-refractivity contribution in [3.63, 3.8) is 0 Å². The third-order valence-electron chi connectivity index (χ3n) is 1.93. The lowest BCUT2D eigenvalue weighted by Gasteiger charge is -2.30. The molecule has 0 aromatic heterocycles. The molecule has 64 valence electrons. The van der Waals surface area contributed by atoms with Crippen molar-refractivity contribution in [2.24, 2.45) is 0 Å². The second kappa shape index (κ2) is 3.19. The highest BCUT2D eigenvalue weighted by Gasteiger charge is 2.31. The standard InChI is InChI=1S/C7H13NO3/c9-6(10)4-7(11)2-1-3-8-5-7/h8,11H,1-5H2,(H,9,10)/t7-/m0/s1. The largest absolute Gasteiger partial charge is 0.481 e. The minimum atomic E-state index is -1.01. The van der Waals surface area contributed by atoms with Crippen LogP contribution in [0.3, 0.4) is 0 Å². The van der Waals surface area contributed by atoms with Crippen molar-refractivity contribution in [1.82, 2.24) is 5.32 Å². The Morgan fingerprint density at radius 3 is 2.82 bits per heavy atom. The summed E-state index contributed by atoms with van der Waals surface area (Å²) in [5.41, 5.74) is -1.01. The Balaban J connectivity index is 2.43. The molecule has 1 aliphatic rings. The SMILES string of the molecule is O=C(O)C[C@@]1(O)CCCNC1. The molecule has 0 radical (unpaired) electrons. The van der Waals surface area contributed by atoms with Gasteiger partial charge in [0.1, 0.15) is 0 Å². The second-order valence-electron chi connectivity index (χ2n) is 3.08. The molecule has 4 heteroatoms. The lowest BCUT2D eigenvalue weighted by molar-refractivity contribution is -0.143. The lowest BCUT2D eigenvalue weighted by Crippen LogP contribution is -2.46. The van der Waals surface area contributed by atoms with Gasteiger partial charge in [0.05, 0.1) is 12.0 Å². The molecule has 1 rings (SSSR count). The average molecular weight is 159 g/mol. The van der Waals surface area contributed by atoms with E-state index in [1.54, 1.807) is 0 Å². The van der Waals surface area contributed by atoms with Crippen molar-refractivity contribution in [1.29, 1.82) is 0 Å². The molecule has 0 spiro atoms. The Labute approximate surface area is 65.2 Å². The van der Waals surface area contributed by atoms with Crippen molar-refractivity contribution in [3.8, 4) is 0 Å². The first-order valence-corrected chi connectivity index (χ1v) is 3.77. The molecule has 1 saturated heterocycles. The molecule has 0 aromatic carbocycles. The van der Waals surface area contributed by atoms with Crippen LogP contribution >= 0.6 is 0 Å². The number of carbonyl (C=O) groups is 1. The maximum absolute atomic E-state index is 10.3. The van der Waals surface area contributed by atoms with Crippen LogP contribution in [0.5, 0.6) is 0 Å². The highest BCUT2D eigenvalue weighted by molar-refractivity contribution is 5.68. The van der Waals surface area contributed by atoms with E-state index < -0.39 is 11.6 Å². The third-order valence-corrected chi connectivity index (χ3v) is 1.93. The molecule has 1 heterocycles. The van der Waals surface area contributed by atoms with Gasteiger partial charge in [-0.3, -0.25) is 4.79 Å². The van der Waals surface area contributed by atoms with Gasteiger partial charge in [0.15, 0.2) is 0 Å². The summed E-state index contributed by atoms with van der Waals surface area (Å²) in [6, 6.07) is 0. The predicted octanol–water partition coefficient (Wildman–Crippen LogP) is -0.424. The van der Waals surface area contributed by atoms with E-state index in [1.807, 2.05) is 0 Å². The van der Waals surface area contributed by atoms with Crippen LogP contribution in [-0.2, 0) is 4.79 Å². The van der Waals surface area contributed by atoms with Gasteiger partial charge >= 0.3 is 5.97 Å². The van der Waals surface area contributed by atoms with Crippen LogP contribution in [0.25, 0.3) is 0 Å². The van der Waals surface area contributed by atoms with Crippen LogP contribution in [0.1, 0.15) is 19.3 Å². The van der Waals surface area contributed by atoms with Crippen molar-refractivity contribution in [2.75, 3.05) is 13.1 Å². The monoisotopic (exact) mass is 159 g/mol. The summed E-state index contributed by atoms with van der Waals surface area (Å²) < 4.78 is 0. The summed E-state index contributed by atoms with van der Waals surface area (Å²) in [5, 5.41) is 21.0. The normalized spacial score (nSPS) is 31.7. The number of nitrogens with one attached hydrogen (secondary N) is 1. The highest BCUT2D eigenvalue weighted by atomic mass is 16.4. The fourth-order valence-corrected chi connectivity index (χ4v) is 1.38. The number of carboxylic acids is 1. The summed E-state index contributed by atoms with van der Waals surface area (Å²) in [5.74, 6) is -0.934. The minimum absolute atomic E-state index is 0.153. The maximum atomic E-state index is 10.3. The number of aliphatic hydroxyl groups is 1. The predicted molar refractivity (Wildman–Crippen MR) is 39.3 cm³/mol. The number of aliphatic carboxylic acids is 1. The van der Waals surface area contributed by atoms with Gasteiger partial charge in [-0.15, -0.1) is 0 Å². The van der Waals surface area contributed by atoms with Gasteiger partial charge < -0.3 is 15.5 Å². The van der Waals surface area contributed by atoms with Gasteiger partial charge in [0.25, 0.3) is 0 Å². The van der Waals surface area contributed by atoms with Crippen LogP contribution in [-0.4, -0.2) is 34.9 Å². The van der Waals surface area contributed by atoms with Gasteiger partial charge in [-0.1, -0.05) is 0 Å². The molecule has 1 fully saturated rings.